The SMILES string of the molecule is C=C(C)NCCC(=C)P(Cl)CCC. The van der Waals surface area contributed by atoms with Gasteiger partial charge in [-0.25, -0.2) is 0 Å². The summed E-state index contributed by atoms with van der Waals surface area (Å²) in [7, 11) is -0.465. The largest absolute Gasteiger partial charge is 0.389 e. The summed E-state index contributed by atoms with van der Waals surface area (Å²) in [6.07, 6.45) is 3.19. The Labute approximate surface area is 87.8 Å². The summed E-state index contributed by atoms with van der Waals surface area (Å²) >= 11 is 6.16. The van der Waals surface area contributed by atoms with E-state index in [1.165, 1.54) is 5.31 Å². The van der Waals surface area contributed by atoms with Crippen molar-refractivity contribution in [1.29, 1.82) is 0 Å². The number of hydrogen-bond donors (Lipinski definition) is 1. The van der Waals surface area contributed by atoms with Crippen LogP contribution < -0.4 is 5.32 Å². The number of halogens is 1. The molecule has 0 heterocycles. The third-order valence-corrected chi connectivity index (χ3v) is 4.58. The fourth-order valence-electron chi connectivity index (χ4n) is 0.896. The Hall–Kier alpha value is -0.000000000000000111. The lowest BCUT2D eigenvalue weighted by Gasteiger charge is -2.12. The highest BCUT2D eigenvalue weighted by molar-refractivity contribution is 7.87. The molecule has 0 amide bonds. The number of nitrogens with one attached hydrogen (secondary N) is 1. The van der Waals surface area contributed by atoms with Crippen LogP contribution in [0.3, 0.4) is 0 Å². The van der Waals surface area contributed by atoms with Gasteiger partial charge in [-0.05, 0) is 24.8 Å². The minimum absolute atomic E-state index is 0.465. The number of allylic oxidation sites excluding steroid dienone is 1. The summed E-state index contributed by atoms with van der Waals surface area (Å²) in [5.74, 6) is 0. The molecular weight excluding hydrogens is 201 g/mol. The molecule has 0 aliphatic heterocycles. The molecule has 1 nitrogen and oxygen atoms in total. The first-order valence-corrected chi connectivity index (χ1v) is 7.01. The van der Waals surface area contributed by atoms with E-state index in [2.05, 4.69) is 25.4 Å². The van der Waals surface area contributed by atoms with Crippen molar-refractivity contribution < 1.29 is 0 Å². The molecule has 0 aromatic heterocycles. The normalized spacial score (nSPS) is 12.2. The topological polar surface area (TPSA) is 12.0 Å². The van der Waals surface area contributed by atoms with E-state index in [0.717, 1.165) is 31.2 Å². The average molecular weight is 220 g/mol. The highest BCUT2D eigenvalue weighted by Gasteiger charge is 2.06. The molecule has 1 unspecified atom stereocenters. The molecule has 0 aromatic rings. The Kier molecular flexibility index (Phi) is 7.41. The molecule has 0 aliphatic carbocycles. The van der Waals surface area contributed by atoms with Crippen LogP contribution in [0.5, 0.6) is 0 Å². The second-order valence-electron chi connectivity index (χ2n) is 3.11. The first-order valence-electron chi connectivity index (χ1n) is 4.58. The van der Waals surface area contributed by atoms with Gasteiger partial charge in [0.1, 0.15) is 0 Å². The Morgan fingerprint density at radius 2 is 2.08 bits per heavy atom. The van der Waals surface area contributed by atoms with Crippen LogP contribution in [0.1, 0.15) is 26.7 Å². The smallest absolute Gasteiger partial charge is 0.0184 e. The van der Waals surface area contributed by atoms with Crippen LogP contribution in [0.4, 0.5) is 0 Å². The highest BCUT2D eigenvalue weighted by Crippen LogP contribution is 2.50. The summed E-state index contributed by atoms with van der Waals surface area (Å²) < 4.78 is 0. The third kappa shape index (κ3) is 7.10. The van der Waals surface area contributed by atoms with Crippen LogP contribution in [0.25, 0.3) is 0 Å². The molecule has 0 bridgehead atoms. The minimum Gasteiger partial charge on any atom is -0.389 e. The van der Waals surface area contributed by atoms with Gasteiger partial charge in [0.2, 0.25) is 0 Å². The molecule has 1 N–H and O–H groups in total. The monoisotopic (exact) mass is 219 g/mol. The van der Waals surface area contributed by atoms with Crippen LogP contribution in [-0.4, -0.2) is 12.7 Å². The fourth-order valence-corrected chi connectivity index (χ4v) is 2.72. The van der Waals surface area contributed by atoms with Gasteiger partial charge >= 0.3 is 0 Å². The van der Waals surface area contributed by atoms with Gasteiger partial charge in [-0.2, -0.15) is 0 Å². The number of rotatable bonds is 7. The van der Waals surface area contributed by atoms with Gasteiger partial charge in [0.15, 0.2) is 0 Å². The maximum Gasteiger partial charge on any atom is 0.0184 e. The maximum atomic E-state index is 6.16. The van der Waals surface area contributed by atoms with Crippen molar-refractivity contribution in [2.45, 2.75) is 26.7 Å². The van der Waals surface area contributed by atoms with Gasteiger partial charge in [-0.1, -0.05) is 37.7 Å². The molecule has 0 rings (SSSR count). The van der Waals surface area contributed by atoms with Crippen molar-refractivity contribution in [2.75, 3.05) is 12.7 Å². The summed E-state index contributed by atoms with van der Waals surface area (Å²) in [4.78, 5) is 0. The van der Waals surface area contributed by atoms with Gasteiger partial charge in [0, 0.05) is 19.5 Å². The standard InChI is InChI=1S/C10H19ClNP/c1-5-8-13(11)10(4)6-7-12-9(2)3/h12H,2,4-8H2,1,3H3. The molecule has 3 heteroatoms. The molecule has 0 spiro atoms. The van der Waals surface area contributed by atoms with Crippen LogP contribution in [0.15, 0.2) is 24.2 Å². The van der Waals surface area contributed by atoms with E-state index in [1.807, 2.05) is 6.92 Å². The molecule has 0 aromatic carbocycles. The van der Waals surface area contributed by atoms with Crippen LogP contribution in [0, 0.1) is 0 Å². The Morgan fingerprint density at radius 1 is 1.46 bits per heavy atom. The van der Waals surface area contributed by atoms with E-state index in [9.17, 15) is 0 Å². The first-order chi connectivity index (χ1) is 6.07. The molecule has 0 aliphatic rings. The zero-order valence-electron chi connectivity index (χ0n) is 8.57. The third-order valence-electron chi connectivity index (χ3n) is 1.60. The van der Waals surface area contributed by atoms with Crippen LogP contribution in [0.2, 0.25) is 0 Å². The van der Waals surface area contributed by atoms with E-state index >= 15 is 0 Å². The minimum atomic E-state index is -0.465. The lowest BCUT2D eigenvalue weighted by Crippen LogP contribution is -2.11. The van der Waals surface area contributed by atoms with E-state index in [0.29, 0.717) is 0 Å². The zero-order chi connectivity index (χ0) is 10.3. The lowest BCUT2D eigenvalue weighted by molar-refractivity contribution is 0.802. The molecule has 76 valence electrons. The average Bonchev–Trinajstić information content (AvgIpc) is 2.04. The summed E-state index contributed by atoms with van der Waals surface area (Å²) in [5.41, 5.74) is 1.00. The zero-order valence-corrected chi connectivity index (χ0v) is 10.2. The van der Waals surface area contributed by atoms with E-state index in [-0.39, 0.29) is 0 Å². The van der Waals surface area contributed by atoms with Gasteiger partial charge in [0.25, 0.3) is 0 Å². The Morgan fingerprint density at radius 3 is 2.54 bits per heavy atom. The van der Waals surface area contributed by atoms with Gasteiger partial charge in [0.05, 0.1) is 0 Å². The van der Waals surface area contributed by atoms with Gasteiger partial charge in [-0.15, -0.1) is 0 Å². The van der Waals surface area contributed by atoms with Crippen molar-refractivity contribution in [3.63, 3.8) is 0 Å². The second kappa shape index (κ2) is 7.41. The molecular formula is C10H19ClNP. The molecule has 0 fully saturated rings. The van der Waals surface area contributed by atoms with Crippen molar-refractivity contribution in [3.8, 4) is 0 Å². The summed E-state index contributed by atoms with van der Waals surface area (Å²) in [6.45, 7) is 12.8. The molecule has 0 saturated carbocycles. The Balaban J connectivity index is 3.55. The van der Waals surface area contributed by atoms with Crippen molar-refractivity contribution in [2.24, 2.45) is 0 Å². The van der Waals surface area contributed by atoms with Crippen LogP contribution >= 0.6 is 18.5 Å². The van der Waals surface area contributed by atoms with E-state index < -0.39 is 7.27 Å². The quantitative estimate of drug-likeness (QED) is 0.637. The first kappa shape index (κ1) is 13.0. The molecule has 13 heavy (non-hydrogen) atoms. The van der Waals surface area contributed by atoms with E-state index in [1.54, 1.807) is 0 Å². The molecule has 0 radical (unpaired) electrons. The molecule has 0 saturated heterocycles. The van der Waals surface area contributed by atoms with Crippen molar-refractivity contribution >= 4 is 18.5 Å². The second-order valence-corrected chi connectivity index (χ2v) is 6.14. The summed E-state index contributed by atoms with van der Waals surface area (Å²) in [6, 6.07) is 0. The maximum absolute atomic E-state index is 6.16. The van der Waals surface area contributed by atoms with Gasteiger partial charge < -0.3 is 5.32 Å². The lowest BCUT2D eigenvalue weighted by atomic mass is 10.4. The molecule has 1 atom stereocenters. The number of hydrogen-bond acceptors (Lipinski definition) is 1. The highest BCUT2D eigenvalue weighted by atomic mass is 35.7. The van der Waals surface area contributed by atoms with Crippen molar-refractivity contribution in [3.05, 3.63) is 24.2 Å². The summed E-state index contributed by atoms with van der Waals surface area (Å²) in [5, 5.41) is 4.36. The fraction of sp³-hybridized carbons (Fsp3) is 0.600. The van der Waals surface area contributed by atoms with Gasteiger partial charge in [-0.3, -0.25) is 0 Å². The van der Waals surface area contributed by atoms with Crippen LogP contribution in [-0.2, 0) is 0 Å². The Bertz CT molecular complexity index is 180. The predicted molar refractivity (Wildman–Crippen MR) is 64.5 cm³/mol. The van der Waals surface area contributed by atoms with E-state index in [4.69, 9.17) is 11.2 Å². The predicted octanol–water partition coefficient (Wildman–Crippen LogP) is 4.06. The van der Waals surface area contributed by atoms with Crippen molar-refractivity contribution in [1.82, 2.24) is 5.32 Å².